The molecule has 1 aliphatic rings. The Bertz CT molecular complexity index is 1180. The van der Waals surface area contributed by atoms with Crippen LogP contribution in [-0.4, -0.2) is 22.0 Å². The number of nitrogens with zero attached hydrogens (tertiary/aromatic N) is 2. The number of hydrogen-bond acceptors (Lipinski definition) is 4. The van der Waals surface area contributed by atoms with E-state index in [4.69, 9.17) is 0 Å². The molecule has 1 N–H and O–H groups in total. The van der Waals surface area contributed by atoms with E-state index in [0.29, 0.717) is 24.6 Å². The van der Waals surface area contributed by atoms with Gasteiger partial charge in [-0.15, -0.1) is 11.3 Å². The summed E-state index contributed by atoms with van der Waals surface area (Å²) in [5.74, 6) is -5.70. The van der Waals surface area contributed by atoms with Gasteiger partial charge in [-0.2, -0.15) is 0 Å². The Balaban J connectivity index is 1.78. The molecule has 1 aromatic heterocycles. The lowest BCUT2D eigenvalue weighted by Crippen LogP contribution is -2.42. The van der Waals surface area contributed by atoms with E-state index in [0.717, 1.165) is 22.5 Å². The van der Waals surface area contributed by atoms with E-state index in [1.807, 2.05) is 19.1 Å². The number of aromatic nitrogens is 1. The van der Waals surface area contributed by atoms with Crippen molar-refractivity contribution in [1.82, 2.24) is 4.98 Å². The first kappa shape index (κ1) is 20.3. The summed E-state index contributed by atoms with van der Waals surface area (Å²) >= 11 is 0.839. The van der Waals surface area contributed by atoms with Crippen molar-refractivity contribution in [3.8, 4) is 0 Å². The number of carboxylic acids is 1. The van der Waals surface area contributed by atoms with Gasteiger partial charge in [0.15, 0.2) is 11.6 Å². The van der Waals surface area contributed by atoms with Gasteiger partial charge in [-0.25, -0.2) is 18.2 Å². The van der Waals surface area contributed by atoms with Crippen molar-refractivity contribution >= 4 is 39.1 Å². The second-order valence-electron chi connectivity index (χ2n) is 7.13. The zero-order valence-corrected chi connectivity index (χ0v) is 16.7. The van der Waals surface area contributed by atoms with Crippen molar-refractivity contribution in [2.75, 3.05) is 4.90 Å². The van der Waals surface area contributed by atoms with Gasteiger partial charge in [-0.1, -0.05) is 19.1 Å². The molecule has 0 radical (unpaired) electrons. The van der Waals surface area contributed by atoms with Gasteiger partial charge in [-0.05, 0) is 30.0 Å². The molecular weight excluding hydrogens is 417 g/mol. The Morgan fingerprint density at radius 1 is 1.30 bits per heavy atom. The fourth-order valence-corrected chi connectivity index (χ4v) is 4.83. The van der Waals surface area contributed by atoms with Crippen molar-refractivity contribution in [2.45, 2.75) is 32.7 Å². The Morgan fingerprint density at radius 3 is 2.77 bits per heavy atom. The molecule has 4 rings (SSSR count). The summed E-state index contributed by atoms with van der Waals surface area (Å²) in [4.78, 5) is 29.8. The maximum Gasteiger partial charge on any atom is 0.304 e. The van der Waals surface area contributed by atoms with E-state index in [2.05, 4.69) is 4.98 Å². The summed E-state index contributed by atoms with van der Waals surface area (Å²) in [7, 11) is 0. The summed E-state index contributed by atoms with van der Waals surface area (Å²) < 4.78 is 41.5. The Hall–Kier alpha value is -2.94. The monoisotopic (exact) mass is 434 g/mol. The van der Waals surface area contributed by atoms with Gasteiger partial charge >= 0.3 is 5.97 Å². The van der Waals surface area contributed by atoms with Crippen LogP contribution in [0.5, 0.6) is 0 Å². The van der Waals surface area contributed by atoms with Gasteiger partial charge in [-0.3, -0.25) is 9.59 Å². The fourth-order valence-electron chi connectivity index (χ4n) is 3.88. The molecule has 0 fully saturated rings. The van der Waals surface area contributed by atoms with Crippen LogP contribution in [0.25, 0.3) is 10.2 Å². The third-order valence-electron chi connectivity index (χ3n) is 5.26. The maximum absolute atomic E-state index is 14.1. The van der Waals surface area contributed by atoms with Crippen LogP contribution in [0.2, 0.25) is 0 Å². The highest BCUT2D eigenvalue weighted by Crippen LogP contribution is 2.37. The van der Waals surface area contributed by atoms with Crippen LogP contribution in [0, 0.1) is 23.4 Å². The number of benzene rings is 2. The van der Waals surface area contributed by atoms with Crippen molar-refractivity contribution in [1.29, 1.82) is 0 Å². The topological polar surface area (TPSA) is 70.5 Å². The molecule has 1 unspecified atom stereocenters. The average molecular weight is 434 g/mol. The molecule has 30 heavy (non-hydrogen) atoms. The summed E-state index contributed by atoms with van der Waals surface area (Å²) in [6.45, 7) is 1.88. The second-order valence-corrected chi connectivity index (χ2v) is 8.21. The maximum atomic E-state index is 14.1. The summed E-state index contributed by atoms with van der Waals surface area (Å²) in [5, 5.41) is 9.44. The quantitative estimate of drug-likeness (QED) is 0.602. The first-order valence-corrected chi connectivity index (χ1v) is 10.2. The number of halogens is 3. The third-order valence-corrected chi connectivity index (χ3v) is 6.31. The second kappa shape index (κ2) is 7.71. The number of hydrogen-bond donors (Lipinski definition) is 1. The minimum Gasteiger partial charge on any atom is -0.481 e. The summed E-state index contributed by atoms with van der Waals surface area (Å²) in [5.41, 5.74) is 2.10. The van der Waals surface area contributed by atoms with E-state index in [-0.39, 0.29) is 28.6 Å². The summed E-state index contributed by atoms with van der Waals surface area (Å²) in [6.07, 6.45) is 0.707. The molecule has 5 nitrogen and oxygen atoms in total. The van der Waals surface area contributed by atoms with Crippen LogP contribution in [0.4, 0.5) is 18.9 Å². The minimum absolute atomic E-state index is 0.0883. The van der Waals surface area contributed by atoms with Crippen LogP contribution in [0.3, 0.4) is 0 Å². The molecule has 1 atom stereocenters. The van der Waals surface area contributed by atoms with E-state index < -0.39 is 34.9 Å². The van der Waals surface area contributed by atoms with Gasteiger partial charge in [0.1, 0.15) is 16.3 Å². The zero-order chi connectivity index (χ0) is 21.6. The number of fused-ring (bicyclic) bond motifs is 2. The Kier molecular flexibility index (Phi) is 5.23. The number of carboxylic acid groups (broad SMARTS) is 1. The lowest BCUT2D eigenvalue weighted by Gasteiger charge is -2.34. The number of amides is 1. The van der Waals surface area contributed by atoms with Crippen LogP contribution in [0.1, 0.15) is 29.5 Å². The number of carbonyl (C=O) groups is 2. The van der Waals surface area contributed by atoms with Gasteiger partial charge < -0.3 is 10.0 Å². The Labute approximate surface area is 173 Å². The van der Waals surface area contributed by atoms with Gasteiger partial charge in [0.05, 0.1) is 23.6 Å². The predicted octanol–water partition coefficient (Wildman–Crippen LogP) is 4.46. The molecule has 1 aliphatic heterocycles. The highest BCUT2D eigenvalue weighted by atomic mass is 32.1. The average Bonchev–Trinajstić information content (AvgIpc) is 3.13. The predicted molar refractivity (Wildman–Crippen MR) is 106 cm³/mol. The fraction of sp³-hybridized carbons (Fsp3) is 0.286. The minimum atomic E-state index is -1.33. The van der Waals surface area contributed by atoms with Gasteiger partial charge in [0.2, 0.25) is 5.91 Å². The number of thiazole rings is 1. The molecule has 0 saturated carbocycles. The molecule has 0 bridgehead atoms. The first-order chi connectivity index (χ1) is 14.3. The normalized spacial score (nSPS) is 16.2. The van der Waals surface area contributed by atoms with E-state index >= 15 is 0 Å². The highest BCUT2D eigenvalue weighted by molar-refractivity contribution is 7.18. The molecule has 0 aliphatic carbocycles. The van der Waals surface area contributed by atoms with Crippen LogP contribution in [-0.2, 0) is 29.0 Å². The van der Waals surface area contributed by atoms with Crippen LogP contribution < -0.4 is 4.90 Å². The number of aliphatic carboxylic acids is 1. The lowest BCUT2D eigenvalue weighted by molar-refractivity contribution is -0.140. The molecule has 2 heterocycles. The van der Waals surface area contributed by atoms with Gasteiger partial charge in [0.25, 0.3) is 0 Å². The SMILES string of the molecule is CCc1cccc2c1CC(CC(=O)O)C(=O)N2Cc1nc2c(F)c(F)cc(F)c2s1. The standard InChI is InChI=1S/C21H17F3N2O3S/c1-2-10-4-3-5-15-12(10)6-11(7-17(27)28)21(29)26(15)9-16-25-19-18(24)13(22)8-14(23)20(19)30-16/h3-5,8,11H,2,6-7,9H2,1H3,(H,27,28). The number of carbonyl (C=O) groups excluding carboxylic acids is 1. The molecule has 0 saturated heterocycles. The third kappa shape index (κ3) is 3.43. The highest BCUT2D eigenvalue weighted by Gasteiger charge is 2.35. The van der Waals surface area contributed by atoms with Crippen molar-refractivity contribution in [3.63, 3.8) is 0 Å². The van der Waals surface area contributed by atoms with E-state index in [1.54, 1.807) is 6.07 Å². The molecular formula is C21H17F3N2O3S. The molecule has 0 spiro atoms. The Morgan fingerprint density at radius 2 is 2.07 bits per heavy atom. The largest absolute Gasteiger partial charge is 0.481 e. The smallest absolute Gasteiger partial charge is 0.304 e. The van der Waals surface area contributed by atoms with Gasteiger partial charge in [0, 0.05) is 11.8 Å². The molecule has 1 amide bonds. The zero-order valence-electron chi connectivity index (χ0n) is 15.9. The molecule has 2 aromatic carbocycles. The molecule has 9 heteroatoms. The molecule has 3 aromatic rings. The van der Waals surface area contributed by atoms with Crippen molar-refractivity contribution < 1.29 is 27.9 Å². The summed E-state index contributed by atoms with van der Waals surface area (Å²) in [6, 6.07) is 5.97. The number of aryl methyl sites for hydroxylation is 1. The van der Waals surface area contributed by atoms with Crippen LogP contribution in [0.15, 0.2) is 24.3 Å². The molecule has 156 valence electrons. The lowest BCUT2D eigenvalue weighted by atomic mass is 9.86. The first-order valence-electron chi connectivity index (χ1n) is 9.37. The van der Waals surface area contributed by atoms with E-state index in [1.165, 1.54) is 4.90 Å². The number of anilines is 1. The number of rotatable bonds is 5. The van der Waals surface area contributed by atoms with Crippen molar-refractivity contribution in [2.24, 2.45) is 5.92 Å². The van der Waals surface area contributed by atoms with Crippen molar-refractivity contribution in [3.05, 3.63) is 57.9 Å². The van der Waals surface area contributed by atoms with E-state index in [9.17, 15) is 27.9 Å². The van der Waals surface area contributed by atoms with Crippen LogP contribution >= 0.6 is 11.3 Å².